The molecule has 1 atom stereocenters. The summed E-state index contributed by atoms with van der Waals surface area (Å²) >= 11 is 0. The molecule has 0 bridgehead atoms. The monoisotopic (exact) mass is 553 g/mol. The van der Waals surface area contributed by atoms with E-state index in [0.29, 0.717) is 32.0 Å². The summed E-state index contributed by atoms with van der Waals surface area (Å²) in [6.07, 6.45) is 3.51. The first-order valence-corrected chi connectivity index (χ1v) is 14.8. The van der Waals surface area contributed by atoms with Crippen molar-refractivity contribution in [3.05, 3.63) is 103 Å². The zero-order valence-corrected chi connectivity index (χ0v) is 23.3. The SMILES string of the molecule is Cc1ccc(Nc2nc([C@@H](C)N3CCN(S(=O)(=O)c4ccc(-n5cccn5)cc4)CC3)nc3ccccc23)cc1. The van der Waals surface area contributed by atoms with Crippen molar-refractivity contribution in [2.45, 2.75) is 24.8 Å². The van der Waals surface area contributed by atoms with Crippen LogP contribution < -0.4 is 5.32 Å². The molecule has 0 radical (unpaired) electrons. The van der Waals surface area contributed by atoms with Crippen molar-refractivity contribution >= 4 is 32.4 Å². The summed E-state index contributed by atoms with van der Waals surface area (Å²) in [5.74, 6) is 1.47. The molecular formula is C30H31N7O2S. The van der Waals surface area contributed by atoms with E-state index in [-0.39, 0.29) is 10.9 Å². The zero-order chi connectivity index (χ0) is 27.7. The number of rotatable bonds is 7. The van der Waals surface area contributed by atoms with Gasteiger partial charge in [0.15, 0.2) is 0 Å². The van der Waals surface area contributed by atoms with Gasteiger partial charge in [-0.1, -0.05) is 29.8 Å². The number of benzene rings is 3. The van der Waals surface area contributed by atoms with Crippen molar-refractivity contribution in [3.63, 3.8) is 0 Å². The first-order chi connectivity index (χ1) is 19.4. The van der Waals surface area contributed by atoms with Crippen LogP contribution in [0.5, 0.6) is 0 Å². The Hall–Kier alpha value is -4.12. The largest absolute Gasteiger partial charge is 0.340 e. The topological polar surface area (TPSA) is 96.2 Å². The molecule has 1 saturated heterocycles. The number of fused-ring (bicyclic) bond motifs is 1. The van der Waals surface area contributed by atoms with E-state index in [4.69, 9.17) is 9.97 Å². The highest BCUT2D eigenvalue weighted by Crippen LogP contribution is 2.29. The van der Waals surface area contributed by atoms with Gasteiger partial charge in [-0.05, 0) is 68.4 Å². The fourth-order valence-corrected chi connectivity index (χ4v) is 6.41. The molecule has 0 unspecified atom stereocenters. The molecule has 40 heavy (non-hydrogen) atoms. The number of sulfonamides is 1. The second-order valence-electron chi connectivity index (χ2n) is 10.00. The Balaban J connectivity index is 1.18. The number of piperazine rings is 1. The first-order valence-electron chi connectivity index (χ1n) is 13.3. The number of hydrogen-bond donors (Lipinski definition) is 1. The maximum Gasteiger partial charge on any atom is 0.243 e. The molecule has 9 nitrogen and oxygen atoms in total. The number of nitrogens with one attached hydrogen (secondary N) is 1. The van der Waals surface area contributed by atoms with Crippen LogP contribution in [0.3, 0.4) is 0 Å². The predicted octanol–water partition coefficient (Wildman–Crippen LogP) is 4.94. The summed E-state index contributed by atoms with van der Waals surface area (Å²) in [4.78, 5) is 12.3. The lowest BCUT2D eigenvalue weighted by molar-refractivity contribution is 0.141. The van der Waals surface area contributed by atoms with Gasteiger partial charge in [0.05, 0.1) is 22.1 Å². The van der Waals surface area contributed by atoms with Crippen LogP contribution in [0, 0.1) is 6.92 Å². The smallest absolute Gasteiger partial charge is 0.243 e. The van der Waals surface area contributed by atoms with Gasteiger partial charge in [-0.15, -0.1) is 0 Å². The lowest BCUT2D eigenvalue weighted by Crippen LogP contribution is -2.49. The van der Waals surface area contributed by atoms with Gasteiger partial charge in [0.1, 0.15) is 11.6 Å². The molecule has 0 amide bonds. The summed E-state index contributed by atoms with van der Waals surface area (Å²) < 4.78 is 30.0. The third-order valence-electron chi connectivity index (χ3n) is 7.37. The first kappa shape index (κ1) is 26.1. The van der Waals surface area contributed by atoms with E-state index in [1.54, 1.807) is 39.4 Å². The molecule has 3 aromatic carbocycles. The van der Waals surface area contributed by atoms with Gasteiger partial charge in [0.25, 0.3) is 0 Å². The third-order valence-corrected chi connectivity index (χ3v) is 9.29. The van der Waals surface area contributed by atoms with Crippen molar-refractivity contribution in [2.24, 2.45) is 0 Å². The predicted molar refractivity (Wildman–Crippen MR) is 156 cm³/mol. The Morgan fingerprint density at radius 1 is 0.850 bits per heavy atom. The van der Waals surface area contributed by atoms with Crippen molar-refractivity contribution < 1.29 is 8.42 Å². The molecule has 5 aromatic rings. The standard InChI is InChI=1S/C30H31N7O2S/c1-22-8-10-24(11-9-22)32-30-27-6-3-4-7-28(27)33-29(34-30)23(2)35-18-20-36(21-19-35)40(38,39)26-14-12-25(13-15-26)37-17-5-16-31-37/h3-17,23H,18-21H2,1-2H3,(H,32,33,34)/t23-/m1/s1. The van der Waals surface area contributed by atoms with Gasteiger partial charge in [0.2, 0.25) is 10.0 Å². The molecule has 0 aliphatic carbocycles. The minimum Gasteiger partial charge on any atom is -0.340 e. The van der Waals surface area contributed by atoms with Crippen LogP contribution >= 0.6 is 0 Å². The second-order valence-corrected chi connectivity index (χ2v) is 11.9. The Bertz CT molecular complexity index is 1710. The van der Waals surface area contributed by atoms with E-state index < -0.39 is 10.0 Å². The lowest BCUT2D eigenvalue weighted by Gasteiger charge is -2.36. The number of nitrogens with zero attached hydrogens (tertiary/aromatic N) is 6. The van der Waals surface area contributed by atoms with E-state index in [1.165, 1.54) is 5.56 Å². The van der Waals surface area contributed by atoms with Gasteiger partial charge >= 0.3 is 0 Å². The molecule has 0 spiro atoms. The molecular weight excluding hydrogens is 522 g/mol. The van der Waals surface area contributed by atoms with Crippen molar-refractivity contribution in [3.8, 4) is 5.69 Å². The van der Waals surface area contributed by atoms with Crippen LogP contribution in [0.15, 0.2) is 96.2 Å². The molecule has 1 aliphatic rings. The third kappa shape index (κ3) is 5.21. The van der Waals surface area contributed by atoms with E-state index in [2.05, 4.69) is 41.3 Å². The summed E-state index contributed by atoms with van der Waals surface area (Å²) in [6.45, 7) is 6.11. The number of aryl methyl sites for hydroxylation is 1. The molecule has 6 rings (SSSR count). The summed E-state index contributed by atoms with van der Waals surface area (Å²) in [6, 6.07) is 24.8. The van der Waals surface area contributed by atoms with E-state index in [1.807, 2.05) is 48.7 Å². The Morgan fingerprint density at radius 3 is 2.27 bits per heavy atom. The maximum atomic E-state index is 13.4. The van der Waals surface area contributed by atoms with E-state index >= 15 is 0 Å². The number of para-hydroxylation sites is 1. The van der Waals surface area contributed by atoms with Gasteiger partial charge < -0.3 is 5.32 Å². The average Bonchev–Trinajstić information content (AvgIpc) is 3.53. The second kappa shape index (κ2) is 10.8. The van der Waals surface area contributed by atoms with Crippen LogP contribution in [0.4, 0.5) is 11.5 Å². The summed E-state index contributed by atoms with van der Waals surface area (Å²) in [5.41, 5.74) is 3.84. The average molecular weight is 554 g/mol. The quantitative estimate of drug-likeness (QED) is 0.305. The normalized spacial score (nSPS) is 15.8. The minimum atomic E-state index is -3.60. The Morgan fingerprint density at radius 2 is 1.57 bits per heavy atom. The molecule has 1 fully saturated rings. The molecule has 3 heterocycles. The summed E-state index contributed by atoms with van der Waals surface area (Å²) in [7, 11) is -3.60. The van der Waals surface area contributed by atoms with Crippen LogP contribution in [0.2, 0.25) is 0 Å². The van der Waals surface area contributed by atoms with Crippen molar-refractivity contribution in [1.82, 2.24) is 29.0 Å². The van der Waals surface area contributed by atoms with Crippen molar-refractivity contribution in [1.29, 1.82) is 0 Å². The number of anilines is 2. The van der Waals surface area contributed by atoms with Gasteiger partial charge in [-0.2, -0.15) is 9.40 Å². The molecule has 1 aliphatic heterocycles. The van der Waals surface area contributed by atoms with Crippen LogP contribution in [0.25, 0.3) is 16.6 Å². The number of hydrogen-bond acceptors (Lipinski definition) is 7. The molecule has 10 heteroatoms. The Labute approximate surface area is 234 Å². The number of aromatic nitrogens is 4. The minimum absolute atomic E-state index is 0.0821. The lowest BCUT2D eigenvalue weighted by atomic mass is 10.2. The van der Waals surface area contributed by atoms with Crippen LogP contribution in [-0.2, 0) is 10.0 Å². The fraction of sp³-hybridized carbons (Fsp3) is 0.233. The summed E-state index contributed by atoms with van der Waals surface area (Å²) in [5, 5.41) is 8.62. The van der Waals surface area contributed by atoms with E-state index in [0.717, 1.165) is 28.1 Å². The molecule has 204 valence electrons. The highest BCUT2D eigenvalue weighted by molar-refractivity contribution is 7.89. The van der Waals surface area contributed by atoms with Gasteiger partial charge in [-0.3, -0.25) is 4.90 Å². The fourth-order valence-electron chi connectivity index (χ4n) is 4.99. The highest BCUT2D eigenvalue weighted by Gasteiger charge is 2.31. The molecule has 1 N–H and O–H groups in total. The van der Waals surface area contributed by atoms with Gasteiger partial charge in [0, 0.05) is 49.6 Å². The molecule has 2 aromatic heterocycles. The van der Waals surface area contributed by atoms with Crippen molar-refractivity contribution in [2.75, 3.05) is 31.5 Å². The van der Waals surface area contributed by atoms with Gasteiger partial charge in [-0.25, -0.2) is 23.1 Å². The van der Waals surface area contributed by atoms with Crippen LogP contribution in [-0.4, -0.2) is 63.6 Å². The zero-order valence-electron chi connectivity index (χ0n) is 22.5. The van der Waals surface area contributed by atoms with E-state index in [9.17, 15) is 8.42 Å². The maximum absolute atomic E-state index is 13.4. The Kier molecular flexibility index (Phi) is 7.05. The molecule has 0 saturated carbocycles. The highest BCUT2D eigenvalue weighted by atomic mass is 32.2. The van der Waals surface area contributed by atoms with Crippen LogP contribution in [0.1, 0.15) is 24.4 Å².